The fourth-order valence-corrected chi connectivity index (χ4v) is 3.07. The predicted octanol–water partition coefficient (Wildman–Crippen LogP) is 3.35. The Morgan fingerprint density at radius 2 is 1.82 bits per heavy atom. The van der Waals surface area contributed by atoms with Crippen molar-refractivity contribution in [3.05, 3.63) is 46.5 Å². The minimum Gasteiger partial charge on any atom is -0.341 e. The molecule has 0 aliphatic carbocycles. The van der Waals surface area contributed by atoms with Gasteiger partial charge in [-0.25, -0.2) is 0 Å². The molecule has 1 aromatic rings. The van der Waals surface area contributed by atoms with Gasteiger partial charge in [-0.1, -0.05) is 54.1 Å². The van der Waals surface area contributed by atoms with Gasteiger partial charge < -0.3 is 4.90 Å². The number of hydrogen-bond donors (Lipinski definition) is 0. The Bertz CT molecular complexity index is 516. The molecule has 22 heavy (non-hydrogen) atoms. The number of amides is 1. The molecule has 4 heteroatoms. The van der Waals surface area contributed by atoms with Crippen molar-refractivity contribution in [2.75, 3.05) is 26.7 Å². The summed E-state index contributed by atoms with van der Waals surface area (Å²) in [6.07, 6.45) is 4.85. The zero-order chi connectivity index (χ0) is 16.1. The van der Waals surface area contributed by atoms with Crippen LogP contribution in [0.15, 0.2) is 40.9 Å². The lowest BCUT2D eigenvalue weighted by molar-refractivity contribution is -0.132. The van der Waals surface area contributed by atoms with Gasteiger partial charge >= 0.3 is 0 Å². The Labute approximate surface area is 142 Å². The topological polar surface area (TPSA) is 23.6 Å². The Morgan fingerprint density at radius 3 is 2.36 bits per heavy atom. The summed E-state index contributed by atoms with van der Waals surface area (Å²) in [5.74, 6) is 0.632. The molecule has 0 saturated carbocycles. The largest absolute Gasteiger partial charge is 0.341 e. The average molecular weight is 365 g/mol. The summed E-state index contributed by atoms with van der Waals surface area (Å²) < 4.78 is 1.04. The van der Waals surface area contributed by atoms with E-state index in [1.54, 1.807) is 0 Å². The van der Waals surface area contributed by atoms with Crippen LogP contribution in [0.2, 0.25) is 0 Å². The molecule has 0 saturated heterocycles. The summed E-state index contributed by atoms with van der Waals surface area (Å²) in [5.41, 5.74) is 1.06. The summed E-state index contributed by atoms with van der Waals surface area (Å²) in [6.45, 7) is 7.32. The third-order valence-corrected chi connectivity index (χ3v) is 4.80. The molecule has 1 aliphatic heterocycles. The lowest BCUT2D eigenvalue weighted by Gasteiger charge is -2.34. The molecular weight excluding hydrogens is 340 g/mol. The average Bonchev–Trinajstić information content (AvgIpc) is 2.99. The second-order valence-corrected chi connectivity index (χ2v) is 7.22. The second kappa shape index (κ2) is 7.93. The molecule has 0 N–H and O–H groups in total. The van der Waals surface area contributed by atoms with Gasteiger partial charge in [0, 0.05) is 37.2 Å². The molecule has 0 aromatic heterocycles. The lowest BCUT2D eigenvalue weighted by Crippen LogP contribution is -2.47. The highest BCUT2D eigenvalue weighted by Gasteiger charge is 2.25. The third kappa shape index (κ3) is 4.68. The van der Waals surface area contributed by atoms with Crippen molar-refractivity contribution in [1.29, 1.82) is 0 Å². The first-order valence-electron chi connectivity index (χ1n) is 7.85. The molecule has 3 nitrogen and oxygen atoms in total. The van der Waals surface area contributed by atoms with Crippen molar-refractivity contribution in [3.63, 3.8) is 0 Å². The Morgan fingerprint density at radius 1 is 1.23 bits per heavy atom. The number of likely N-dealkylation sites (N-methyl/N-ethyl adjacent to an activating group) is 1. The minimum absolute atomic E-state index is 0.188. The van der Waals surface area contributed by atoms with E-state index in [1.165, 1.54) is 0 Å². The summed E-state index contributed by atoms with van der Waals surface area (Å²) in [4.78, 5) is 16.9. The molecule has 2 rings (SSSR count). The standard InChI is InChI=1S/C18H25BrN2O/c1-14(2)17(13-21-10-4-5-11-21)20(3)18(22)12-15-6-8-16(19)9-7-15/h4-9,14,17H,10-13H2,1-3H3/t17-/m1/s1. The van der Waals surface area contributed by atoms with E-state index < -0.39 is 0 Å². The molecule has 0 bridgehead atoms. The van der Waals surface area contributed by atoms with Crippen molar-refractivity contribution in [2.24, 2.45) is 5.92 Å². The van der Waals surface area contributed by atoms with E-state index in [1.807, 2.05) is 36.2 Å². The molecule has 1 heterocycles. The Kier molecular flexibility index (Phi) is 6.21. The number of nitrogens with zero attached hydrogens (tertiary/aromatic N) is 2. The van der Waals surface area contributed by atoms with Gasteiger partial charge in [0.25, 0.3) is 0 Å². The summed E-state index contributed by atoms with van der Waals surface area (Å²) in [5, 5.41) is 0. The van der Waals surface area contributed by atoms with Crippen LogP contribution in [0.1, 0.15) is 19.4 Å². The fourth-order valence-electron chi connectivity index (χ4n) is 2.80. The van der Waals surface area contributed by atoms with Gasteiger partial charge in [0.15, 0.2) is 0 Å². The number of carbonyl (C=O) groups is 1. The maximum absolute atomic E-state index is 12.6. The van der Waals surface area contributed by atoms with Crippen LogP contribution in [0.4, 0.5) is 0 Å². The number of hydrogen-bond acceptors (Lipinski definition) is 2. The Hall–Kier alpha value is -1.13. The van der Waals surface area contributed by atoms with Gasteiger partial charge in [-0.3, -0.25) is 9.69 Å². The van der Waals surface area contributed by atoms with Crippen molar-refractivity contribution in [2.45, 2.75) is 26.3 Å². The fraction of sp³-hybridized carbons (Fsp3) is 0.500. The molecular formula is C18H25BrN2O. The van der Waals surface area contributed by atoms with Crippen LogP contribution in [0.25, 0.3) is 0 Å². The van der Waals surface area contributed by atoms with Crippen LogP contribution in [-0.2, 0) is 11.2 Å². The normalized spacial score (nSPS) is 16.2. The SMILES string of the molecule is CC(C)[C@@H](CN1CC=CC1)N(C)C(=O)Cc1ccc(Br)cc1. The van der Waals surface area contributed by atoms with Crippen LogP contribution < -0.4 is 0 Å². The number of rotatable bonds is 6. The zero-order valence-electron chi connectivity index (χ0n) is 13.6. The minimum atomic E-state index is 0.188. The quantitative estimate of drug-likeness (QED) is 0.722. The molecule has 0 radical (unpaired) electrons. The predicted molar refractivity (Wildman–Crippen MR) is 94.8 cm³/mol. The second-order valence-electron chi connectivity index (χ2n) is 6.31. The molecule has 0 unspecified atom stereocenters. The zero-order valence-corrected chi connectivity index (χ0v) is 15.2. The van der Waals surface area contributed by atoms with Gasteiger partial charge in [-0.15, -0.1) is 0 Å². The highest BCUT2D eigenvalue weighted by Crippen LogP contribution is 2.16. The highest BCUT2D eigenvalue weighted by molar-refractivity contribution is 9.10. The van der Waals surface area contributed by atoms with E-state index in [0.717, 1.165) is 29.7 Å². The van der Waals surface area contributed by atoms with Crippen LogP contribution in [-0.4, -0.2) is 48.4 Å². The monoisotopic (exact) mass is 364 g/mol. The summed E-state index contributed by atoms with van der Waals surface area (Å²) in [6, 6.07) is 8.23. The van der Waals surface area contributed by atoms with Gasteiger partial charge in [0.1, 0.15) is 0 Å². The molecule has 1 aromatic carbocycles. The molecule has 0 fully saturated rings. The number of carbonyl (C=O) groups excluding carboxylic acids is 1. The van der Waals surface area contributed by atoms with Gasteiger partial charge in [-0.2, -0.15) is 0 Å². The van der Waals surface area contributed by atoms with E-state index in [4.69, 9.17) is 0 Å². The molecule has 120 valence electrons. The van der Waals surface area contributed by atoms with E-state index in [0.29, 0.717) is 12.3 Å². The van der Waals surface area contributed by atoms with Gasteiger partial charge in [0.2, 0.25) is 5.91 Å². The first-order chi connectivity index (χ1) is 10.5. The number of halogens is 1. The maximum atomic E-state index is 12.6. The van der Waals surface area contributed by atoms with Crippen LogP contribution in [0, 0.1) is 5.92 Å². The van der Waals surface area contributed by atoms with E-state index in [9.17, 15) is 4.79 Å². The van der Waals surface area contributed by atoms with E-state index >= 15 is 0 Å². The van der Waals surface area contributed by atoms with Crippen molar-refractivity contribution >= 4 is 21.8 Å². The maximum Gasteiger partial charge on any atom is 0.227 e. The first-order valence-corrected chi connectivity index (χ1v) is 8.64. The lowest BCUT2D eigenvalue weighted by atomic mass is 10.0. The summed E-state index contributed by atoms with van der Waals surface area (Å²) >= 11 is 3.42. The number of benzene rings is 1. The van der Waals surface area contributed by atoms with Crippen LogP contribution in [0.3, 0.4) is 0 Å². The van der Waals surface area contributed by atoms with Gasteiger partial charge in [0.05, 0.1) is 6.42 Å². The summed E-state index contributed by atoms with van der Waals surface area (Å²) in [7, 11) is 1.94. The van der Waals surface area contributed by atoms with E-state index in [-0.39, 0.29) is 11.9 Å². The molecule has 1 atom stereocenters. The molecule has 0 spiro atoms. The van der Waals surface area contributed by atoms with Crippen molar-refractivity contribution in [3.8, 4) is 0 Å². The van der Waals surface area contributed by atoms with E-state index in [2.05, 4.69) is 46.8 Å². The molecule has 1 amide bonds. The van der Waals surface area contributed by atoms with Crippen molar-refractivity contribution < 1.29 is 4.79 Å². The molecule has 1 aliphatic rings. The van der Waals surface area contributed by atoms with Crippen molar-refractivity contribution in [1.82, 2.24) is 9.80 Å². The highest BCUT2D eigenvalue weighted by atomic mass is 79.9. The Balaban J connectivity index is 1.97. The van der Waals surface area contributed by atoms with Gasteiger partial charge in [-0.05, 0) is 23.6 Å². The smallest absolute Gasteiger partial charge is 0.227 e. The first kappa shape index (κ1) is 17.2. The third-order valence-electron chi connectivity index (χ3n) is 4.27. The van der Waals surface area contributed by atoms with Crippen LogP contribution in [0.5, 0.6) is 0 Å². The van der Waals surface area contributed by atoms with Crippen LogP contribution >= 0.6 is 15.9 Å².